The predicted octanol–water partition coefficient (Wildman–Crippen LogP) is 1.10. The summed E-state index contributed by atoms with van der Waals surface area (Å²) in [6.07, 6.45) is -1.28. The molecule has 9 nitrogen and oxygen atoms in total. The van der Waals surface area contributed by atoms with Crippen molar-refractivity contribution < 1.29 is 26.7 Å². The van der Waals surface area contributed by atoms with E-state index < -0.39 is 39.9 Å². The highest BCUT2D eigenvalue weighted by atomic mass is 32.2. The van der Waals surface area contributed by atoms with Crippen molar-refractivity contribution in [2.24, 2.45) is 0 Å². The highest BCUT2D eigenvalue weighted by Gasteiger charge is 2.34. The van der Waals surface area contributed by atoms with Gasteiger partial charge in [0, 0.05) is 30.4 Å². The summed E-state index contributed by atoms with van der Waals surface area (Å²) in [5.74, 6) is -1.58. The molecule has 2 rings (SSSR count). The van der Waals surface area contributed by atoms with E-state index in [-0.39, 0.29) is 11.1 Å². The van der Waals surface area contributed by atoms with Crippen molar-refractivity contribution in [1.29, 1.82) is 10.8 Å². The molecule has 0 amide bonds. The minimum atomic E-state index is -4.67. The topological polar surface area (TPSA) is 145 Å². The fourth-order valence-corrected chi connectivity index (χ4v) is 2.69. The maximum absolute atomic E-state index is 12.7. The normalized spacial score (nSPS) is 14.6. The Morgan fingerprint density at radius 1 is 1.37 bits per heavy atom. The molecule has 13 heteroatoms. The van der Waals surface area contributed by atoms with Gasteiger partial charge in [-0.1, -0.05) is 0 Å². The average Bonchev–Trinajstić information content (AvgIpc) is 3.04. The fraction of sp³-hybridized carbons (Fsp3) is 0.286. The quantitative estimate of drug-likeness (QED) is 0.324. The Balaban J connectivity index is 2.32. The zero-order valence-corrected chi connectivity index (χ0v) is 14.6. The minimum absolute atomic E-state index is 0.0361. The highest BCUT2D eigenvalue weighted by molar-refractivity contribution is 7.88. The first-order valence-corrected chi connectivity index (χ1v) is 9.14. The Morgan fingerprint density at radius 3 is 2.52 bits per heavy atom. The molecule has 2 atom stereocenters. The van der Waals surface area contributed by atoms with Crippen molar-refractivity contribution in [2.75, 3.05) is 6.26 Å². The Kier molecular flexibility index (Phi) is 5.77. The zero-order valence-electron chi connectivity index (χ0n) is 13.8. The highest BCUT2D eigenvalue weighted by Crippen LogP contribution is 2.28. The third kappa shape index (κ3) is 5.18. The van der Waals surface area contributed by atoms with Gasteiger partial charge in [-0.15, -0.1) is 0 Å². The molecule has 0 fully saturated rings. The number of aromatic nitrogens is 3. The molecule has 0 aliphatic carbocycles. The number of rotatable bonds is 6. The van der Waals surface area contributed by atoms with E-state index >= 15 is 0 Å². The van der Waals surface area contributed by atoms with Crippen LogP contribution in [-0.2, 0) is 16.2 Å². The lowest BCUT2D eigenvalue weighted by molar-refractivity contribution is -0.141. The van der Waals surface area contributed by atoms with Gasteiger partial charge < -0.3 is 10.5 Å². The Labute approximate surface area is 151 Å². The second-order valence-electron chi connectivity index (χ2n) is 5.52. The van der Waals surface area contributed by atoms with Crippen LogP contribution in [0, 0.1) is 10.8 Å². The third-order valence-electron chi connectivity index (χ3n) is 3.37. The average molecular weight is 404 g/mol. The van der Waals surface area contributed by atoms with Gasteiger partial charge in [-0.05, 0) is 17.7 Å². The van der Waals surface area contributed by atoms with Crippen LogP contribution in [0.25, 0.3) is 0 Å². The van der Waals surface area contributed by atoms with E-state index in [1.807, 2.05) is 4.72 Å². The van der Waals surface area contributed by atoms with E-state index in [9.17, 15) is 26.7 Å². The van der Waals surface area contributed by atoms with E-state index in [4.69, 9.17) is 10.8 Å². The molecule has 27 heavy (non-hydrogen) atoms. The molecule has 2 heterocycles. The first kappa shape index (κ1) is 20.7. The lowest BCUT2D eigenvalue weighted by Crippen LogP contribution is -2.27. The Bertz CT molecular complexity index is 957. The molecule has 0 saturated heterocycles. The van der Waals surface area contributed by atoms with E-state index in [1.54, 1.807) is 0 Å². The number of aliphatic hydroxyl groups excluding tert-OH is 1. The molecule has 146 valence electrons. The van der Waals surface area contributed by atoms with Gasteiger partial charge in [-0.25, -0.2) is 13.1 Å². The first-order chi connectivity index (χ1) is 12.4. The van der Waals surface area contributed by atoms with Gasteiger partial charge in [0.25, 0.3) is 0 Å². The number of hydrogen-bond acceptors (Lipinski definition) is 7. The van der Waals surface area contributed by atoms with Crippen LogP contribution in [0.5, 0.6) is 0 Å². The lowest BCUT2D eigenvalue weighted by Gasteiger charge is -2.16. The largest absolute Gasteiger partial charge is 0.435 e. The first-order valence-electron chi connectivity index (χ1n) is 7.25. The summed E-state index contributed by atoms with van der Waals surface area (Å²) in [5, 5.41) is 28.7. The molecule has 2 aromatic rings. The van der Waals surface area contributed by atoms with Crippen LogP contribution in [0.3, 0.4) is 0 Å². The van der Waals surface area contributed by atoms with Crippen molar-refractivity contribution in [1.82, 2.24) is 19.5 Å². The van der Waals surface area contributed by atoms with Gasteiger partial charge in [0.15, 0.2) is 5.69 Å². The van der Waals surface area contributed by atoms with Crippen molar-refractivity contribution in [3.05, 3.63) is 47.5 Å². The van der Waals surface area contributed by atoms with Crippen molar-refractivity contribution >= 4 is 22.1 Å². The van der Waals surface area contributed by atoms with Gasteiger partial charge in [0.1, 0.15) is 12.1 Å². The molecule has 0 saturated carbocycles. The number of alkyl halides is 3. The summed E-state index contributed by atoms with van der Waals surface area (Å²) in [5.41, 5.74) is -0.962. The fourth-order valence-electron chi connectivity index (χ4n) is 2.15. The summed E-state index contributed by atoms with van der Waals surface area (Å²) < 4.78 is 63.0. The van der Waals surface area contributed by atoms with Crippen LogP contribution in [-0.4, -0.2) is 46.6 Å². The molecule has 0 spiro atoms. The van der Waals surface area contributed by atoms with Crippen molar-refractivity contribution in [2.45, 2.75) is 18.3 Å². The molecule has 0 aromatic carbocycles. The summed E-state index contributed by atoms with van der Waals surface area (Å²) in [6.45, 7) is 0. The van der Waals surface area contributed by atoms with E-state index in [0.29, 0.717) is 10.7 Å². The minimum Gasteiger partial charge on any atom is -0.373 e. The number of halogens is 3. The van der Waals surface area contributed by atoms with Crippen LogP contribution in [0.2, 0.25) is 0 Å². The van der Waals surface area contributed by atoms with Crippen LogP contribution in [0.15, 0.2) is 30.7 Å². The number of pyridine rings is 1. The molecule has 0 radical (unpaired) electrons. The SMILES string of the molecule is CS(=O)(=O)NC(O)c1cncc(C(C=N)C(=N)n2ccc(C(F)(F)F)n2)c1. The van der Waals surface area contributed by atoms with Gasteiger partial charge >= 0.3 is 6.18 Å². The number of hydrogen-bond donors (Lipinski definition) is 4. The van der Waals surface area contributed by atoms with E-state index in [0.717, 1.165) is 18.7 Å². The molecular weight excluding hydrogens is 389 g/mol. The summed E-state index contributed by atoms with van der Waals surface area (Å²) in [6, 6.07) is 1.98. The number of nitrogens with one attached hydrogen (secondary N) is 3. The van der Waals surface area contributed by atoms with E-state index in [1.165, 1.54) is 18.5 Å². The number of aliphatic hydroxyl groups is 1. The van der Waals surface area contributed by atoms with Crippen LogP contribution >= 0.6 is 0 Å². The van der Waals surface area contributed by atoms with Crippen LogP contribution in [0.1, 0.15) is 29.0 Å². The third-order valence-corrected chi connectivity index (χ3v) is 4.02. The molecular formula is C14H15F3N6O3S. The summed E-state index contributed by atoms with van der Waals surface area (Å²) in [7, 11) is -3.72. The molecule has 0 aliphatic rings. The molecule has 2 aromatic heterocycles. The van der Waals surface area contributed by atoms with E-state index in [2.05, 4.69) is 10.1 Å². The van der Waals surface area contributed by atoms with Crippen molar-refractivity contribution in [3.63, 3.8) is 0 Å². The molecule has 0 aliphatic heterocycles. The van der Waals surface area contributed by atoms with Crippen LogP contribution < -0.4 is 4.72 Å². The number of nitrogens with zero attached hydrogens (tertiary/aromatic N) is 3. The molecule has 2 unspecified atom stereocenters. The summed E-state index contributed by atoms with van der Waals surface area (Å²) in [4.78, 5) is 3.82. The second-order valence-corrected chi connectivity index (χ2v) is 7.30. The lowest BCUT2D eigenvalue weighted by atomic mass is 9.99. The second kappa shape index (κ2) is 7.54. The van der Waals surface area contributed by atoms with Crippen molar-refractivity contribution in [3.8, 4) is 0 Å². The van der Waals surface area contributed by atoms with Gasteiger partial charge in [-0.2, -0.15) is 23.0 Å². The molecule has 4 N–H and O–H groups in total. The summed E-state index contributed by atoms with van der Waals surface area (Å²) >= 11 is 0. The monoisotopic (exact) mass is 404 g/mol. The Morgan fingerprint density at radius 2 is 2.00 bits per heavy atom. The number of sulfonamides is 1. The predicted molar refractivity (Wildman–Crippen MR) is 89.1 cm³/mol. The zero-order chi connectivity index (χ0) is 20.4. The van der Waals surface area contributed by atoms with Crippen LogP contribution in [0.4, 0.5) is 13.2 Å². The standard InChI is InChI=1S/C14H15F3N6O3S/c1-27(25,26)22-13(24)9-4-8(6-20-7-9)10(5-18)12(19)23-3-2-11(21-23)14(15,16)17/h2-7,10,13,18-19,22,24H,1H3. The van der Waals surface area contributed by atoms with Gasteiger partial charge in [0.2, 0.25) is 10.0 Å². The molecule has 0 bridgehead atoms. The maximum Gasteiger partial charge on any atom is 0.435 e. The van der Waals surface area contributed by atoms with Gasteiger partial charge in [-0.3, -0.25) is 10.4 Å². The smallest absolute Gasteiger partial charge is 0.373 e. The maximum atomic E-state index is 12.7. The Hall–Kier alpha value is -2.64. The van der Waals surface area contributed by atoms with Gasteiger partial charge in [0.05, 0.1) is 12.2 Å².